The summed E-state index contributed by atoms with van der Waals surface area (Å²) in [6.45, 7) is 5.74. The lowest BCUT2D eigenvalue weighted by Crippen LogP contribution is -2.59. The zero-order chi connectivity index (χ0) is 22.9. The van der Waals surface area contributed by atoms with E-state index in [-0.39, 0.29) is 23.6 Å². The molecule has 2 saturated heterocycles. The van der Waals surface area contributed by atoms with Gasteiger partial charge in [-0.1, -0.05) is 6.92 Å². The molecule has 0 bridgehead atoms. The summed E-state index contributed by atoms with van der Waals surface area (Å²) in [7, 11) is 1.60. The second-order valence-corrected chi connectivity index (χ2v) is 8.57. The Balaban J connectivity index is 1.33. The van der Waals surface area contributed by atoms with Crippen LogP contribution in [0.4, 0.5) is 5.69 Å². The number of aromatic nitrogens is 3. The van der Waals surface area contributed by atoms with Gasteiger partial charge in [0.25, 0.3) is 11.5 Å². The van der Waals surface area contributed by atoms with Gasteiger partial charge in [-0.2, -0.15) is 0 Å². The van der Waals surface area contributed by atoms with Crippen LogP contribution in [0.3, 0.4) is 0 Å². The molecule has 0 radical (unpaired) electrons. The topological polar surface area (TPSA) is 103 Å². The predicted octanol–water partition coefficient (Wildman–Crippen LogP) is 1.33. The Morgan fingerprint density at radius 2 is 2.03 bits per heavy atom. The summed E-state index contributed by atoms with van der Waals surface area (Å²) in [6, 6.07) is 8.08. The number of nitrogens with zero attached hydrogens (tertiary/aromatic N) is 4. The fourth-order valence-electron chi connectivity index (χ4n) is 4.83. The normalized spacial score (nSPS) is 20.7. The van der Waals surface area contributed by atoms with Gasteiger partial charge in [-0.3, -0.25) is 19.5 Å². The van der Waals surface area contributed by atoms with Crippen LogP contribution in [0.1, 0.15) is 28.5 Å². The summed E-state index contributed by atoms with van der Waals surface area (Å²) in [5.74, 6) is -0.190. The van der Waals surface area contributed by atoms with Gasteiger partial charge in [-0.05, 0) is 36.2 Å². The van der Waals surface area contributed by atoms with Gasteiger partial charge >= 0.3 is 0 Å². The number of anilines is 1. The van der Waals surface area contributed by atoms with E-state index in [1.165, 1.54) is 0 Å². The molecule has 9 nitrogen and oxygen atoms in total. The highest BCUT2D eigenvalue weighted by molar-refractivity contribution is 5.92. The molecule has 0 aromatic carbocycles. The Labute approximate surface area is 191 Å². The maximum atomic E-state index is 12.2. The van der Waals surface area contributed by atoms with E-state index < -0.39 is 0 Å². The molecule has 5 rings (SSSR count). The number of piperazine rings is 1. The van der Waals surface area contributed by atoms with E-state index in [1.54, 1.807) is 19.3 Å². The van der Waals surface area contributed by atoms with Crippen LogP contribution in [0.15, 0.2) is 41.5 Å². The van der Waals surface area contributed by atoms with E-state index in [0.29, 0.717) is 25.3 Å². The molecular formula is C24H28N6O3. The summed E-state index contributed by atoms with van der Waals surface area (Å²) in [6.07, 6.45) is 4.36. The quantitative estimate of drug-likeness (QED) is 0.607. The maximum absolute atomic E-state index is 12.2. The Bertz CT molecular complexity index is 1230. The monoisotopic (exact) mass is 448 g/mol. The number of aromatic amines is 1. The molecule has 2 N–H and O–H groups in total. The Morgan fingerprint density at radius 1 is 1.18 bits per heavy atom. The van der Waals surface area contributed by atoms with Gasteiger partial charge in [0.05, 0.1) is 48.2 Å². The Morgan fingerprint density at radius 3 is 2.79 bits per heavy atom. The number of ether oxygens (including phenoxy) is 1. The van der Waals surface area contributed by atoms with Crippen molar-refractivity contribution in [3.63, 3.8) is 0 Å². The molecule has 0 aliphatic carbocycles. The summed E-state index contributed by atoms with van der Waals surface area (Å²) in [5.41, 5.74) is 4.77. The Kier molecular flexibility index (Phi) is 5.82. The van der Waals surface area contributed by atoms with Crippen LogP contribution in [-0.4, -0.2) is 71.2 Å². The van der Waals surface area contributed by atoms with Crippen LogP contribution in [0.5, 0.6) is 0 Å². The summed E-state index contributed by atoms with van der Waals surface area (Å²) < 4.78 is 5.87. The standard InChI is InChI=1S/C24H28N6O3/c1-3-16-9-19-20(28-23(16)31)8-15(10-26-19)12-29-6-7-30(22-14-33-13-21(22)29)17-4-5-18(27-11-17)24(32)25-2/h4-5,8-11,21-22H,3,6-7,12-14H2,1-2H3,(H,25,32)(H,28,31). The fraction of sp³-hybridized carbons (Fsp3) is 0.417. The van der Waals surface area contributed by atoms with Gasteiger partial charge in [0.1, 0.15) is 5.69 Å². The maximum Gasteiger partial charge on any atom is 0.269 e. The van der Waals surface area contributed by atoms with Crippen molar-refractivity contribution in [2.75, 3.05) is 38.3 Å². The van der Waals surface area contributed by atoms with Crippen molar-refractivity contribution < 1.29 is 9.53 Å². The van der Waals surface area contributed by atoms with Crippen LogP contribution in [0.2, 0.25) is 0 Å². The second kappa shape index (κ2) is 8.92. The highest BCUT2D eigenvalue weighted by atomic mass is 16.5. The molecule has 2 atom stereocenters. The zero-order valence-electron chi connectivity index (χ0n) is 18.9. The smallest absolute Gasteiger partial charge is 0.269 e. The number of hydrogen-bond donors (Lipinski definition) is 2. The molecule has 5 heterocycles. The number of fused-ring (bicyclic) bond motifs is 2. The molecule has 2 unspecified atom stereocenters. The number of rotatable bonds is 5. The van der Waals surface area contributed by atoms with Gasteiger partial charge in [0.15, 0.2) is 0 Å². The zero-order valence-corrected chi connectivity index (χ0v) is 18.9. The largest absolute Gasteiger partial charge is 0.378 e. The van der Waals surface area contributed by atoms with Gasteiger partial charge < -0.3 is 19.9 Å². The average Bonchev–Trinajstić information content (AvgIpc) is 3.34. The van der Waals surface area contributed by atoms with E-state index in [0.717, 1.165) is 47.5 Å². The third-order valence-corrected chi connectivity index (χ3v) is 6.65. The lowest BCUT2D eigenvalue weighted by molar-refractivity contribution is 0.0958. The van der Waals surface area contributed by atoms with Crippen molar-refractivity contribution in [1.29, 1.82) is 0 Å². The SMILES string of the molecule is CCc1cc2ncc(CN3CCN(c4ccc(C(=O)NC)nc4)C4COCC43)cc2[nH]c1=O. The molecule has 3 aromatic heterocycles. The lowest BCUT2D eigenvalue weighted by Gasteiger charge is -2.44. The van der Waals surface area contributed by atoms with Crippen molar-refractivity contribution in [3.05, 3.63) is 63.8 Å². The second-order valence-electron chi connectivity index (χ2n) is 8.57. The molecule has 0 spiro atoms. The molecule has 2 aliphatic rings. The molecule has 2 aliphatic heterocycles. The molecule has 2 fully saturated rings. The van der Waals surface area contributed by atoms with Crippen molar-refractivity contribution in [2.24, 2.45) is 0 Å². The van der Waals surface area contributed by atoms with Crippen molar-refractivity contribution in [3.8, 4) is 0 Å². The van der Waals surface area contributed by atoms with Gasteiger partial charge in [-0.15, -0.1) is 0 Å². The molecule has 172 valence electrons. The minimum atomic E-state index is -0.190. The highest BCUT2D eigenvalue weighted by Crippen LogP contribution is 2.29. The van der Waals surface area contributed by atoms with Crippen LogP contribution in [0, 0.1) is 0 Å². The molecular weight excluding hydrogens is 420 g/mol. The molecule has 1 amide bonds. The van der Waals surface area contributed by atoms with E-state index in [9.17, 15) is 9.59 Å². The van der Waals surface area contributed by atoms with Gasteiger partial charge in [0, 0.05) is 38.4 Å². The number of carbonyl (C=O) groups excluding carboxylic acids is 1. The molecule has 3 aromatic rings. The van der Waals surface area contributed by atoms with E-state index in [4.69, 9.17) is 4.74 Å². The fourth-order valence-corrected chi connectivity index (χ4v) is 4.83. The number of hydrogen-bond acceptors (Lipinski definition) is 7. The highest BCUT2D eigenvalue weighted by Gasteiger charge is 2.41. The van der Waals surface area contributed by atoms with Crippen LogP contribution in [0.25, 0.3) is 11.0 Å². The van der Waals surface area contributed by atoms with Crippen molar-refractivity contribution in [1.82, 2.24) is 25.2 Å². The van der Waals surface area contributed by atoms with E-state index >= 15 is 0 Å². The summed E-state index contributed by atoms with van der Waals surface area (Å²) >= 11 is 0. The first-order valence-corrected chi connectivity index (χ1v) is 11.3. The number of amides is 1. The van der Waals surface area contributed by atoms with Crippen LogP contribution in [-0.2, 0) is 17.7 Å². The van der Waals surface area contributed by atoms with Crippen LogP contribution < -0.4 is 15.8 Å². The van der Waals surface area contributed by atoms with Gasteiger partial charge in [-0.25, -0.2) is 4.98 Å². The number of H-pyrrole nitrogens is 1. The third kappa shape index (κ3) is 4.09. The molecule has 0 saturated carbocycles. The molecule has 9 heteroatoms. The first kappa shape index (κ1) is 21.5. The van der Waals surface area contributed by atoms with Crippen LogP contribution >= 0.6 is 0 Å². The van der Waals surface area contributed by atoms with Crippen molar-refractivity contribution >= 4 is 22.6 Å². The number of carbonyl (C=O) groups is 1. The van der Waals surface area contributed by atoms with E-state index in [2.05, 4.69) is 30.1 Å². The minimum absolute atomic E-state index is 0.0436. The minimum Gasteiger partial charge on any atom is -0.378 e. The first-order chi connectivity index (χ1) is 16.1. The first-order valence-electron chi connectivity index (χ1n) is 11.3. The third-order valence-electron chi connectivity index (χ3n) is 6.65. The number of pyridine rings is 3. The summed E-state index contributed by atoms with van der Waals surface area (Å²) in [4.78, 5) is 40.7. The van der Waals surface area contributed by atoms with E-state index in [1.807, 2.05) is 31.3 Å². The molecule has 33 heavy (non-hydrogen) atoms. The number of aryl methyl sites for hydroxylation is 1. The number of nitrogens with one attached hydrogen (secondary N) is 2. The predicted molar refractivity (Wildman–Crippen MR) is 126 cm³/mol. The summed E-state index contributed by atoms with van der Waals surface area (Å²) in [5, 5.41) is 2.60. The lowest BCUT2D eigenvalue weighted by atomic mass is 10.0. The average molecular weight is 449 g/mol. The Hall–Kier alpha value is -3.30. The van der Waals surface area contributed by atoms with Crippen molar-refractivity contribution in [2.45, 2.75) is 32.0 Å². The van der Waals surface area contributed by atoms with Gasteiger partial charge in [0.2, 0.25) is 0 Å².